The molecule has 0 unspecified atom stereocenters. The van der Waals surface area contributed by atoms with Crippen molar-refractivity contribution in [2.75, 3.05) is 20.7 Å². The second-order valence-electron chi connectivity index (χ2n) is 6.25. The fourth-order valence-corrected chi connectivity index (χ4v) is 3.57. The standard InChI is InChI=1S/C19H20ClNO5S/c1-12-5-7-15(13(2)9-12)18(22)11-26-19(23)16-10-14(6-8-17(16)20)27(24,25)21(3)4/h5-10H,11H2,1-4H3. The van der Waals surface area contributed by atoms with E-state index >= 15 is 0 Å². The lowest BCUT2D eigenvalue weighted by Gasteiger charge is -2.13. The van der Waals surface area contributed by atoms with Crippen molar-refractivity contribution < 1.29 is 22.7 Å². The Morgan fingerprint density at radius 3 is 2.30 bits per heavy atom. The highest BCUT2D eigenvalue weighted by Crippen LogP contribution is 2.23. The minimum Gasteiger partial charge on any atom is -0.454 e. The van der Waals surface area contributed by atoms with Gasteiger partial charge in [-0.25, -0.2) is 17.5 Å². The monoisotopic (exact) mass is 409 g/mol. The van der Waals surface area contributed by atoms with E-state index in [9.17, 15) is 18.0 Å². The molecule has 6 nitrogen and oxygen atoms in total. The lowest BCUT2D eigenvalue weighted by atomic mass is 10.0. The number of benzene rings is 2. The van der Waals surface area contributed by atoms with Gasteiger partial charge in [0.1, 0.15) is 0 Å². The lowest BCUT2D eigenvalue weighted by Crippen LogP contribution is -2.22. The van der Waals surface area contributed by atoms with Crippen LogP contribution >= 0.6 is 11.6 Å². The van der Waals surface area contributed by atoms with Crippen LogP contribution in [-0.2, 0) is 14.8 Å². The smallest absolute Gasteiger partial charge is 0.340 e. The van der Waals surface area contributed by atoms with Gasteiger partial charge in [-0.05, 0) is 37.6 Å². The summed E-state index contributed by atoms with van der Waals surface area (Å²) in [7, 11) is -0.975. The Balaban J connectivity index is 2.20. The van der Waals surface area contributed by atoms with Crippen molar-refractivity contribution in [3.05, 3.63) is 63.7 Å². The minimum absolute atomic E-state index is 0.0386. The van der Waals surface area contributed by atoms with Crippen molar-refractivity contribution in [1.82, 2.24) is 4.31 Å². The fourth-order valence-electron chi connectivity index (χ4n) is 2.45. The van der Waals surface area contributed by atoms with Crippen LogP contribution in [-0.4, -0.2) is 45.2 Å². The maximum absolute atomic E-state index is 12.3. The molecule has 0 bridgehead atoms. The van der Waals surface area contributed by atoms with Gasteiger partial charge in [0.25, 0.3) is 0 Å². The van der Waals surface area contributed by atoms with Gasteiger partial charge in [0.05, 0.1) is 15.5 Å². The fraction of sp³-hybridized carbons (Fsp3) is 0.263. The SMILES string of the molecule is Cc1ccc(C(=O)COC(=O)c2cc(S(=O)(=O)N(C)C)ccc2Cl)c(C)c1. The van der Waals surface area contributed by atoms with E-state index in [1.54, 1.807) is 19.1 Å². The van der Waals surface area contributed by atoms with Gasteiger partial charge < -0.3 is 4.74 Å². The Kier molecular flexibility index (Phi) is 6.41. The van der Waals surface area contributed by atoms with Crippen molar-refractivity contribution >= 4 is 33.4 Å². The van der Waals surface area contributed by atoms with Crippen molar-refractivity contribution in [2.24, 2.45) is 0 Å². The Bertz CT molecular complexity index is 999. The van der Waals surface area contributed by atoms with Gasteiger partial charge in [-0.2, -0.15) is 0 Å². The molecule has 0 saturated heterocycles. The highest BCUT2D eigenvalue weighted by Gasteiger charge is 2.22. The second kappa shape index (κ2) is 8.21. The number of aryl methyl sites for hydroxylation is 2. The molecular formula is C19H20ClNO5S. The molecule has 0 aromatic heterocycles. The average Bonchev–Trinajstić information content (AvgIpc) is 2.59. The minimum atomic E-state index is -3.73. The highest BCUT2D eigenvalue weighted by atomic mass is 35.5. The van der Waals surface area contributed by atoms with Crippen LogP contribution in [0.4, 0.5) is 0 Å². The summed E-state index contributed by atoms with van der Waals surface area (Å²) in [4.78, 5) is 24.5. The lowest BCUT2D eigenvalue weighted by molar-refractivity contribution is 0.0474. The van der Waals surface area contributed by atoms with Crippen molar-refractivity contribution in [3.63, 3.8) is 0 Å². The second-order valence-corrected chi connectivity index (χ2v) is 8.81. The summed E-state index contributed by atoms with van der Waals surface area (Å²) in [6.07, 6.45) is 0. The van der Waals surface area contributed by atoms with E-state index in [0.717, 1.165) is 21.5 Å². The molecular weight excluding hydrogens is 390 g/mol. The number of hydrogen-bond donors (Lipinski definition) is 0. The summed E-state index contributed by atoms with van der Waals surface area (Å²) in [5.74, 6) is -1.22. The van der Waals surface area contributed by atoms with E-state index in [-0.39, 0.29) is 21.3 Å². The molecule has 0 N–H and O–H groups in total. The van der Waals surface area contributed by atoms with Gasteiger partial charge in [0.2, 0.25) is 15.8 Å². The molecule has 144 valence electrons. The summed E-state index contributed by atoms with van der Waals surface area (Å²) in [6, 6.07) is 9.09. The summed E-state index contributed by atoms with van der Waals surface area (Å²) >= 11 is 6.00. The number of esters is 1. The van der Waals surface area contributed by atoms with Crippen molar-refractivity contribution in [1.29, 1.82) is 0 Å². The Morgan fingerprint density at radius 1 is 1.04 bits per heavy atom. The van der Waals surface area contributed by atoms with Crippen LogP contribution in [0.3, 0.4) is 0 Å². The summed E-state index contributed by atoms with van der Waals surface area (Å²) < 4.78 is 30.5. The molecule has 0 fully saturated rings. The number of ether oxygens (including phenoxy) is 1. The number of ketones is 1. The first kappa shape index (κ1) is 21.1. The molecule has 2 aromatic rings. The number of nitrogens with zero attached hydrogens (tertiary/aromatic N) is 1. The topological polar surface area (TPSA) is 80.8 Å². The molecule has 0 radical (unpaired) electrons. The number of halogens is 1. The van der Waals surface area contributed by atoms with Crippen LogP contribution in [0, 0.1) is 13.8 Å². The molecule has 0 amide bonds. The first-order valence-electron chi connectivity index (χ1n) is 8.03. The van der Waals surface area contributed by atoms with Crippen LogP contribution in [0.25, 0.3) is 0 Å². The average molecular weight is 410 g/mol. The Labute approximate surface area is 163 Å². The van der Waals surface area contributed by atoms with Crippen LogP contribution in [0.1, 0.15) is 31.8 Å². The van der Waals surface area contributed by atoms with E-state index < -0.39 is 22.6 Å². The van der Waals surface area contributed by atoms with Crippen LogP contribution in [0.5, 0.6) is 0 Å². The Hall–Kier alpha value is -2.22. The van der Waals surface area contributed by atoms with Gasteiger partial charge in [0, 0.05) is 19.7 Å². The molecule has 0 heterocycles. The molecule has 0 aliphatic carbocycles. The first-order chi connectivity index (χ1) is 12.5. The number of carbonyl (C=O) groups is 2. The molecule has 8 heteroatoms. The Morgan fingerprint density at radius 2 is 1.70 bits per heavy atom. The van der Waals surface area contributed by atoms with Gasteiger partial charge in [-0.15, -0.1) is 0 Å². The zero-order valence-corrected chi connectivity index (χ0v) is 17.0. The molecule has 0 saturated carbocycles. The molecule has 0 aliphatic heterocycles. The third kappa shape index (κ3) is 4.74. The molecule has 0 spiro atoms. The maximum atomic E-state index is 12.3. The van der Waals surface area contributed by atoms with Crippen molar-refractivity contribution in [2.45, 2.75) is 18.7 Å². The predicted octanol–water partition coefficient (Wildman–Crippen LogP) is 3.25. The number of rotatable bonds is 6. The summed E-state index contributed by atoms with van der Waals surface area (Å²) in [6.45, 7) is 3.25. The van der Waals surface area contributed by atoms with Gasteiger partial charge in [-0.3, -0.25) is 4.79 Å². The van der Waals surface area contributed by atoms with Gasteiger partial charge >= 0.3 is 5.97 Å². The van der Waals surface area contributed by atoms with Crippen LogP contribution in [0.15, 0.2) is 41.3 Å². The van der Waals surface area contributed by atoms with E-state index in [2.05, 4.69) is 0 Å². The summed E-state index contributed by atoms with van der Waals surface area (Å²) in [5.41, 5.74) is 2.15. The maximum Gasteiger partial charge on any atom is 0.340 e. The number of Topliss-reactive ketones (excluding diaryl/α,β-unsaturated/α-hetero) is 1. The molecule has 0 aliphatic rings. The zero-order chi connectivity index (χ0) is 20.4. The number of hydrogen-bond acceptors (Lipinski definition) is 5. The van der Waals surface area contributed by atoms with Gasteiger partial charge in [-0.1, -0.05) is 35.4 Å². The van der Waals surface area contributed by atoms with E-state index in [1.807, 2.05) is 13.0 Å². The predicted molar refractivity (Wildman–Crippen MR) is 103 cm³/mol. The third-order valence-electron chi connectivity index (χ3n) is 3.95. The number of sulfonamides is 1. The number of carbonyl (C=O) groups excluding carboxylic acids is 2. The van der Waals surface area contributed by atoms with Crippen molar-refractivity contribution in [3.8, 4) is 0 Å². The molecule has 2 aromatic carbocycles. The van der Waals surface area contributed by atoms with E-state index in [0.29, 0.717) is 5.56 Å². The molecule has 2 rings (SSSR count). The van der Waals surface area contributed by atoms with E-state index in [1.165, 1.54) is 26.2 Å². The third-order valence-corrected chi connectivity index (χ3v) is 6.09. The van der Waals surface area contributed by atoms with Crippen LogP contribution < -0.4 is 0 Å². The first-order valence-corrected chi connectivity index (χ1v) is 9.85. The van der Waals surface area contributed by atoms with Gasteiger partial charge in [0.15, 0.2) is 6.61 Å². The molecule has 27 heavy (non-hydrogen) atoms. The van der Waals surface area contributed by atoms with E-state index in [4.69, 9.17) is 16.3 Å². The quantitative estimate of drug-likeness (QED) is 0.540. The largest absolute Gasteiger partial charge is 0.454 e. The zero-order valence-electron chi connectivity index (χ0n) is 15.4. The summed E-state index contributed by atoms with van der Waals surface area (Å²) in [5, 5.41) is 0.0386. The highest BCUT2D eigenvalue weighted by molar-refractivity contribution is 7.89. The van der Waals surface area contributed by atoms with Crippen LogP contribution in [0.2, 0.25) is 5.02 Å². The normalized spacial score (nSPS) is 11.5. The molecule has 0 atom stereocenters.